The highest BCUT2D eigenvalue weighted by Gasteiger charge is 2.48. The molecule has 0 bridgehead atoms. The molecule has 0 saturated heterocycles. The van der Waals surface area contributed by atoms with Crippen molar-refractivity contribution in [2.45, 2.75) is 46.2 Å². The quantitative estimate of drug-likeness (QED) is 0.862. The van der Waals surface area contributed by atoms with Gasteiger partial charge in [-0.2, -0.15) is 10.1 Å². The van der Waals surface area contributed by atoms with Gasteiger partial charge in [0.15, 0.2) is 11.5 Å². The summed E-state index contributed by atoms with van der Waals surface area (Å²) in [7, 11) is 1.90. The second kappa shape index (κ2) is 4.41. The van der Waals surface area contributed by atoms with E-state index in [2.05, 4.69) is 15.2 Å². The minimum absolute atomic E-state index is 0.143. The average molecular weight is 301 g/mol. The molecule has 0 atom stereocenters. The van der Waals surface area contributed by atoms with Crippen molar-refractivity contribution in [3.63, 3.8) is 0 Å². The van der Waals surface area contributed by atoms with Crippen LogP contribution in [0.5, 0.6) is 0 Å². The van der Waals surface area contributed by atoms with Crippen molar-refractivity contribution in [1.29, 1.82) is 0 Å². The predicted molar refractivity (Wildman–Crippen MR) is 77.5 cm³/mol. The molecule has 1 aliphatic heterocycles. The fourth-order valence-electron chi connectivity index (χ4n) is 2.99. The minimum Gasteiger partial charge on any atom is -0.332 e. The van der Waals surface area contributed by atoms with Crippen molar-refractivity contribution < 1.29 is 9.32 Å². The molecular formula is C15H19N5O2. The van der Waals surface area contributed by atoms with Crippen molar-refractivity contribution in [3.05, 3.63) is 17.1 Å². The van der Waals surface area contributed by atoms with Crippen LogP contribution in [0.15, 0.2) is 4.52 Å². The van der Waals surface area contributed by atoms with Crippen LogP contribution in [-0.2, 0) is 31.4 Å². The zero-order valence-corrected chi connectivity index (χ0v) is 13.1. The van der Waals surface area contributed by atoms with Crippen LogP contribution in [0.25, 0.3) is 11.6 Å². The van der Waals surface area contributed by atoms with Crippen LogP contribution >= 0.6 is 0 Å². The lowest BCUT2D eigenvalue weighted by atomic mass is 10.1. The van der Waals surface area contributed by atoms with Gasteiger partial charge < -0.3 is 9.42 Å². The molecule has 0 radical (unpaired) electrons. The molecule has 0 spiro atoms. The average Bonchev–Trinajstić information content (AvgIpc) is 2.92. The van der Waals surface area contributed by atoms with E-state index in [-0.39, 0.29) is 11.3 Å². The number of carbonyl (C=O) groups is 1. The number of carbonyl (C=O) groups excluding carboxylic acids is 1. The van der Waals surface area contributed by atoms with Crippen LogP contribution < -0.4 is 0 Å². The number of fused-ring (bicyclic) bond motifs is 1. The summed E-state index contributed by atoms with van der Waals surface area (Å²) >= 11 is 0. The number of aryl methyl sites for hydroxylation is 2. The van der Waals surface area contributed by atoms with Gasteiger partial charge in [0.2, 0.25) is 5.91 Å². The summed E-state index contributed by atoms with van der Waals surface area (Å²) in [5.74, 6) is 1.36. The molecule has 7 nitrogen and oxygen atoms in total. The van der Waals surface area contributed by atoms with Gasteiger partial charge in [0, 0.05) is 24.4 Å². The number of amides is 1. The van der Waals surface area contributed by atoms with E-state index in [4.69, 9.17) is 4.52 Å². The molecule has 1 saturated carbocycles. The van der Waals surface area contributed by atoms with Gasteiger partial charge in [0.1, 0.15) is 0 Å². The summed E-state index contributed by atoms with van der Waals surface area (Å²) in [6.07, 6.45) is 2.71. The van der Waals surface area contributed by atoms with Crippen molar-refractivity contribution in [2.75, 3.05) is 0 Å². The van der Waals surface area contributed by atoms with Gasteiger partial charge in [-0.3, -0.25) is 9.48 Å². The van der Waals surface area contributed by atoms with E-state index < -0.39 is 0 Å². The Kier molecular flexibility index (Phi) is 2.70. The Hall–Kier alpha value is -2.18. The van der Waals surface area contributed by atoms with E-state index in [0.29, 0.717) is 30.5 Å². The zero-order chi connectivity index (χ0) is 15.5. The number of nitrogens with zero attached hydrogens (tertiary/aromatic N) is 5. The zero-order valence-electron chi connectivity index (χ0n) is 13.1. The Bertz CT molecular complexity index is 756. The maximum Gasteiger partial charge on any atom is 0.278 e. The fourth-order valence-corrected chi connectivity index (χ4v) is 2.99. The van der Waals surface area contributed by atoms with Gasteiger partial charge in [-0.25, -0.2) is 0 Å². The predicted octanol–water partition coefficient (Wildman–Crippen LogP) is 1.67. The van der Waals surface area contributed by atoms with E-state index >= 15 is 0 Å². The molecule has 1 aliphatic carbocycles. The molecule has 0 unspecified atom stereocenters. The third kappa shape index (κ3) is 1.88. The second-order valence-corrected chi connectivity index (χ2v) is 6.49. The van der Waals surface area contributed by atoms with Gasteiger partial charge in [-0.05, 0) is 12.8 Å². The second-order valence-electron chi connectivity index (χ2n) is 6.49. The van der Waals surface area contributed by atoms with E-state index in [1.807, 2.05) is 30.5 Å². The van der Waals surface area contributed by atoms with Crippen LogP contribution in [0.4, 0.5) is 0 Å². The molecule has 4 rings (SSSR count). The first-order valence-corrected chi connectivity index (χ1v) is 7.69. The highest BCUT2D eigenvalue weighted by atomic mass is 16.5. The Morgan fingerprint density at radius 3 is 2.77 bits per heavy atom. The third-order valence-electron chi connectivity index (χ3n) is 4.75. The summed E-state index contributed by atoms with van der Waals surface area (Å²) in [5, 5.41) is 8.44. The Morgan fingerprint density at radius 1 is 1.36 bits per heavy atom. The van der Waals surface area contributed by atoms with Crippen LogP contribution in [0.3, 0.4) is 0 Å². The first-order chi connectivity index (χ1) is 10.5. The van der Waals surface area contributed by atoms with Gasteiger partial charge >= 0.3 is 0 Å². The van der Waals surface area contributed by atoms with Gasteiger partial charge in [-0.1, -0.05) is 19.0 Å². The summed E-state index contributed by atoms with van der Waals surface area (Å²) in [6, 6.07) is 0. The first kappa shape index (κ1) is 13.5. The maximum absolute atomic E-state index is 12.6. The van der Waals surface area contributed by atoms with E-state index in [1.54, 1.807) is 0 Å². The largest absolute Gasteiger partial charge is 0.332 e. The minimum atomic E-state index is -0.143. The molecular weight excluding hydrogens is 282 g/mol. The summed E-state index contributed by atoms with van der Waals surface area (Å²) < 4.78 is 7.14. The number of hydrogen-bond acceptors (Lipinski definition) is 5. The van der Waals surface area contributed by atoms with E-state index in [1.165, 1.54) is 0 Å². The molecule has 3 heterocycles. The van der Waals surface area contributed by atoms with Crippen molar-refractivity contribution in [3.8, 4) is 11.6 Å². The normalized spacial score (nSPS) is 18.6. The van der Waals surface area contributed by atoms with Crippen LogP contribution in [0.2, 0.25) is 0 Å². The summed E-state index contributed by atoms with van der Waals surface area (Å²) in [5.41, 5.74) is 2.66. The highest BCUT2D eigenvalue weighted by Crippen LogP contribution is 2.48. The van der Waals surface area contributed by atoms with Gasteiger partial charge in [0.25, 0.3) is 5.89 Å². The molecule has 116 valence electrons. The topological polar surface area (TPSA) is 77.0 Å². The van der Waals surface area contributed by atoms with Crippen LogP contribution in [-0.4, -0.2) is 30.7 Å². The van der Waals surface area contributed by atoms with Crippen LogP contribution in [0, 0.1) is 5.41 Å². The van der Waals surface area contributed by atoms with E-state index in [9.17, 15) is 4.79 Å². The molecule has 22 heavy (non-hydrogen) atoms. The third-order valence-corrected chi connectivity index (χ3v) is 4.75. The lowest BCUT2D eigenvalue weighted by Gasteiger charge is -2.20. The smallest absolute Gasteiger partial charge is 0.278 e. The molecule has 7 heteroatoms. The number of aromatic nitrogens is 4. The lowest BCUT2D eigenvalue weighted by Crippen LogP contribution is -2.32. The molecule has 0 N–H and O–H groups in total. The molecule has 2 aliphatic rings. The van der Waals surface area contributed by atoms with Crippen molar-refractivity contribution in [1.82, 2.24) is 24.8 Å². The Morgan fingerprint density at radius 2 is 2.14 bits per heavy atom. The standard InChI is InChI=1S/C15H19N5O2/c1-4-11-16-13(22-18-11)12-9-7-20(8-10(9)19(3)17-12)14(21)15(2)5-6-15/h4-8H2,1-3H3. The number of hydrogen-bond donors (Lipinski definition) is 0. The van der Waals surface area contributed by atoms with E-state index in [0.717, 1.165) is 30.5 Å². The summed E-state index contributed by atoms with van der Waals surface area (Å²) in [6.45, 7) is 5.22. The molecule has 1 fully saturated rings. The maximum atomic E-state index is 12.6. The van der Waals surface area contributed by atoms with Crippen molar-refractivity contribution >= 4 is 5.91 Å². The fraction of sp³-hybridized carbons (Fsp3) is 0.600. The highest BCUT2D eigenvalue weighted by molar-refractivity contribution is 5.85. The summed E-state index contributed by atoms with van der Waals surface area (Å²) in [4.78, 5) is 18.8. The Balaban J connectivity index is 1.66. The molecule has 2 aromatic rings. The SMILES string of the molecule is CCc1noc(-c2nn(C)c3c2CN(C(=O)C2(C)CC2)C3)n1. The molecule has 2 aromatic heterocycles. The Labute approximate surface area is 128 Å². The monoisotopic (exact) mass is 301 g/mol. The van der Waals surface area contributed by atoms with Gasteiger partial charge in [0.05, 0.1) is 18.8 Å². The van der Waals surface area contributed by atoms with Gasteiger partial charge in [-0.15, -0.1) is 0 Å². The van der Waals surface area contributed by atoms with Crippen LogP contribution in [0.1, 0.15) is 43.8 Å². The lowest BCUT2D eigenvalue weighted by molar-refractivity contribution is -0.137. The van der Waals surface area contributed by atoms with Crippen molar-refractivity contribution in [2.24, 2.45) is 12.5 Å². The first-order valence-electron chi connectivity index (χ1n) is 7.69. The molecule has 1 amide bonds. The molecule has 0 aromatic carbocycles. The number of rotatable bonds is 3.